The average molecular weight is 112 g/mol. The van der Waals surface area contributed by atoms with Gasteiger partial charge >= 0.3 is 0 Å². The normalized spacial score (nSPS) is 38.6. The van der Waals surface area contributed by atoms with Crippen molar-refractivity contribution in [2.75, 3.05) is 0 Å². The molecular formula is C5H9BS. The van der Waals surface area contributed by atoms with Crippen molar-refractivity contribution in [1.82, 2.24) is 0 Å². The lowest BCUT2D eigenvalue weighted by Gasteiger charge is -2.03. The molecule has 0 aromatic heterocycles. The molecule has 7 heavy (non-hydrogen) atoms. The van der Waals surface area contributed by atoms with Crippen LogP contribution in [0.25, 0.3) is 0 Å². The van der Waals surface area contributed by atoms with Crippen molar-refractivity contribution >= 4 is 19.9 Å². The second-order valence-electron chi connectivity index (χ2n) is 2.13. The molecule has 1 heterocycles. The van der Waals surface area contributed by atoms with E-state index >= 15 is 0 Å². The third kappa shape index (κ3) is 1.03. The van der Waals surface area contributed by atoms with E-state index in [0.29, 0.717) is 5.25 Å². The lowest BCUT2D eigenvalue weighted by molar-refractivity contribution is 0.988. The third-order valence-corrected chi connectivity index (χ3v) is 2.11. The summed E-state index contributed by atoms with van der Waals surface area (Å²) >= 11 is 4.30. The van der Waals surface area contributed by atoms with E-state index < -0.39 is 0 Å². The van der Waals surface area contributed by atoms with Crippen LogP contribution in [0.4, 0.5) is 0 Å². The molecule has 0 saturated carbocycles. The Morgan fingerprint density at radius 1 is 1.71 bits per heavy atom. The monoisotopic (exact) mass is 112 g/mol. The van der Waals surface area contributed by atoms with Crippen LogP contribution in [-0.2, 0) is 0 Å². The van der Waals surface area contributed by atoms with Crippen molar-refractivity contribution in [2.45, 2.75) is 18.0 Å². The van der Waals surface area contributed by atoms with Crippen molar-refractivity contribution in [2.24, 2.45) is 0 Å². The van der Waals surface area contributed by atoms with Gasteiger partial charge < -0.3 is 0 Å². The highest BCUT2D eigenvalue weighted by Gasteiger charge is 2.13. The number of hydrogen-bond acceptors (Lipinski definition) is 1. The molecule has 1 aliphatic rings. The molecule has 38 valence electrons. The van der Waals surface area contributed by atoms with Crippen LogP contribution in [0.2, 0.25) is 5.82 Å². The Morgan fingerprint density at radius 3 is 2.57 bits per heavy atom. The predicted molar refractivity (Wildman–Crippen MR) is 38.5 cm³/mol. The van der Waals surface area contributed by atoms with Gasteiger partial charge in [0.25, 0.3) is 0 Å². The maximum absolute atomic E-state index is 4.30. The molecule has 0 radical (unpaired) electrons. The Labute approximate surface area is 50.6 Å². The van der Waals surface area contributed by atoms with Crippen LogP contribution in [0.15, 0.2) is 12.1 Å². The van der Waals surface area contributed by atoms with Gasteiger partial charge in [-0.1, -0.05) is 13.0 Å². The molecule has 0 nitrogen and oxygen atoms in total. The Bertz CT molecular complexity index is 90.1. The first-order valence-corrected chi connectivity index (χ1v) is 3.17. The van der Waals surface area contributed by atoms with Crippen LogP contribution in [0.5, 0.6) is 0 Å². The van der Waals surface area contributed by atoms with E-state index in [9.17, 15) is 0 Å². The predicted octanol–water partition coefficient (Wildman–Crippen LogP) is 1.06. The maximum Gasteiger partial charge on any atom is 0.152 e. The topological polar surface area (TPSA) is 0 Å². The minimum atomic E-state index is 0.528. The number of thiol groups is 1. The minimum Gasteiger partial charge on any atom is -0.172 e. The van der Waals surface area contributed by atoms with Crippen LogP contribution in [0.1, 0.15) is 6.92 Å². The average Bonchev–Trinajstić information content (AvgIpc) is 1.91. The van der Waals surface area contributed by atoms with Gasteiger partial charge in [-0.05, 0) is 5.82 Å². The first kappa shape index (κ1) is 5.29. The van der Waals surface area contributed by atoms with Gasteiger partial charge in [0, 0.05) is 5.25 Å². The Balaban J connectivity index is 2.45. The van der Waals surface area contributed by atoms with Gasteiger partial charge in [0.1, 0.15) is 0 Å². The fraction of sp³-hybridized carbons (Fsp3) is 0.600. The second-order valence-corrected chi connectivity index (χ2v) is 2.73. The summed E-state index contributed by atoms with van der Waals surface area (Å²) in [4.78, 5) is 0. The summed E-state index contributed by atoms with van der Waals surface area (Å²) in [7, 11) is 1.22. The molecule has 1 rings (SSSR count). The Kier molecular flexibility index (Phi) is 1.48. The molecule has 0 aliphatic carbocycles. The number of rotatable bonds is 0. The van der Waals surface area contributed by atoms with Crippen LogP contribution in [0, 0.1) is 0 Å². The molecule has 0 fully saturated rings. The molecule has 2 atom stereocenters. The summed E-state index contributed by atoms with van der Waals surface area (Å²) in [5.41, 5.74) is 0. The zero-order valence-corrected chi connectivity index (χ0v) is 5.36. The standard InChI is InChI=1S/C5H9BS/c1-4-5(7)2-3-6-4/h2-7H,1H3. The van der Waals surface area contributed by atoms with E-state index in [-0.39, 0.29) is 0 Å². The van der Waals surface area contributed by atoms with Gasteiger partial charge in [-0.2, -0.15) is 12.6 Å². The summed E-state index contributed by atoms with van der Waals surface area (Å²) in [5.74, 6) is 2.96. The van der Waals surface area contributed by atoms with Crippen molar-refractivity contribution in [1.29, 1.82) is 0 Å². The molecule has 0 N–H and O–H groups in total. The highest BCUT2D eigenvalue weighted by molar-refractivity contribution is 7.81. The molecule has 2 unspecified atom stereocenters. The van der Waals surface area contributed by atoms with Gasteiger partial charge in [-0.25, -0.2) is 0 Å². The zero-order chi connectivity index (χ0) is 5.28. The molecular weight excluding hydrogens is 103 g/mol. The molecule has 0 aromatic carbocycles. The minimum absolute atomic E-state index is 0.528. The van der Waals surface area contributed by atoms with Crippen molar-refractivity contribution < 1.29 is 0 Å². The van der Waals surface area contributed by atoms with Gasteiger partial charge in [0.15, 0.2) is 7.28 Å². The van der Waals surface area contributed by atoms with Gasteiger partial charge in [-0.3, -0.25) is 0 Å². The molecule has 2 heteroatoms. The fourth-order valence-electron chi connectivity index (χ4n) is 0.762. The van der Waals surface area contributed by atoms with E-state index in [1.54, 1.807) is 0 Å². The molecule has 0 spiro atoms. The quantitative estimate of drug-likeness (QED) is 0.351. The van der Waals surface area contributed by atoms with Crippen molar-refractivity contribution in [3.05, 3.63) is 12.1 Å². The SMILES string of the molecule is CC1BC=CC1S. The number of hydrogen-bond donors (Lipinski definition) is 1. The summed E-state index contributed by atoms with van der Waals surface area (Å²) in [6.07, 6.45) is 2.16. The zero-order valence-electron chi connectivity index (χ0n) is 4.46. The summed E-state index contributed by atoms with van der Waals surface area (Å²) in [6.45, 7) is 2.22. The van der Waals surface area contributed by atoms with Gasteiger partial charge in [-0.15, -0.1) is 5.98 Å². The van der Waals surface area contributed by atoms with Crippen molar-refractivity contribution in [3.8, 4) is 0 Å². The molecule has 0 amide bonds. The van der Waals surface area contributed by atoms with Crippen LogP contribution in [-0.4, -0.2) is 12.5 Å². The second kappa shape index (κ2) is 1.95. The molecule has 0 saturated heterocycles. The molecule has 0 bridgehead atoms. The highest BCUT2D eigenvalue weighted by atomic mass is 32.1. The Hall–Kier alpha value is 0.155. The largest absolute Gasteiger partial charge is 0.172 e. The lowest BCUT2D eigenvalue weighted by atomic mass is 9.69. The van der Waals surface area contributed by atoms with Crippen LogP contribution >= 0.6 is 12.6 Å². The summed E-state index contributed by atoms with van der Waals surface area (Å²) in [6, 6.07) is 0. The van der Waals surface area contributed by atoms with Gasteiger partial charge in [0.2, 0.25) is 0 Å². The van der Waals surface area contributed by atoms with Crippen molar-refractivity contribution in [3.63, 3.8) is 0 Å². The van der Waals surface area contributed by atoms with E-state index in [4.69, 9.17) is 0 Å². The summed E-state index contributed by atoms with van der Waals surface area (Å²) in [5, 5.41) is 0.528. The van der Waals surface area contributed by atoms with E-state index in [1.165, 1.54) is 7.28 Å². The molecule has 1 aliphatic heterocycles. The van der Waals surface area contributed by atoms with Crippen LogP contribution in [0.3, 0.4) is 0 Å². The van der Waals surface area contributed by atoms with Crippen LogP contribution < -0.4 is 0 Å². The van der Waals surface area contributed by atoms with E-state index in [0.717, 1.165) is 5.82 Å². The van der Waals surface area contributed by atoms with Gasteiger partial charge in [0.05, 0.1) is 0 Å². The molecule has 0 aromatic rings. The smallest absolute Gasteiger partial charge is 0.152 e. The summed E-state index contributed by atoms with van der Waals surface area (Å²) < 4.78 is 0. The first-order valence-electron chi connectivity index (χ1n) is 2.65. The highest BCUT2D eigenvalue weighted by Crippen LogP contribution is 2.20. The van der Waals surface area contributed by atoms with E-state index in [2.05, 4.69) is 31.6 Å². The maximum atomic E-state index is 4.30. The van der Waals surface area contributed by atoms with E-state index in [1.807, 2.05) is 0 Å². The fourth-order valence-corrected chi connectivity index (χ4v) is 1.01. The lowest BCUT2D eigenvalue weighted by Crippen LogP contribution is -1.99. The first-order chi connectivity index (χ1) is 3.30. The third-order valence-electron chi connectivity index (χ3n) is 1.42. The Morgan fingerprint density at radius 2 is 2.43 bits per heavy atom.